The molecule has 4 aromatic rings. The molecule has 0 radical (unpaired) electrons. The molecule has 0 spiro atoms. The number of carbonyl (C=O) groups excluding carboxylic acids is 1. The van der Waals surface area contributed by atoms with Crippen LogP contribution in [0, 0.1) is 10.1 Å². The molecule has 0 aliphatic rings. The zero-order valence-electron chi connectivity index (χ0n) is 13.5. The molecule has 2 aromatic heterocycles. The molecule has 134 valence electrons. The Hall–Kier alpha value is -3.23. The predicted molar refractivity (Wildman–Crippen MR) is 103 cm³/mol. The third-order valence-corrected chi connectivity index (χ3v) is 5.17. The Kier molecular flexibility index (Phi) is 4.35. The number of nitrogens with one attached hydrogen (secondary N) is 1. The maximum Gasteiger partial charge on any atom is 0.433 e. The Morgan fingerprint density at radius 2 is 2.00 bits per heavy atom. The number of rotatable bonds is 4. The molecule has 27 heavy (non-hydrogen) atoms. The number of amides is 1. The van der Waals surface area contributed by atoms with Gasteiger partial charge in [0.2, 0.25) is 0 Å². The minimum Gasteiger partial charge on any atom is -0.395 e. The van der Waals surface area contributed by atoms with Crippen LogP contribution in [-0.4, -0.2) is 15.8 Å². The quantitative estimate of drug-likeness (QED) is 0.367. The molecule has 0 unspecified atom stereocenters. The Labute approximate surface area is 161 Å². The molecule has 0 aliphatic heterocycles. The lowest BCUT2D eigenvalue weighted by molar-refractivity contribution is -0.402. The van der Waals surface area contributed by atoms with Crippen molar-refractivity contribution in [1.82, 2.24) is 4.98 Å². The van der Waals surface area contributed by atoms with Gasteiger partial charge in [-0.25, -0.2) is 4.98 Å². The highest BCUT2D eigenvalue weighted by Gasteiger charge is 2.18. The number of benzene rings is 2. The van der Waals surface area contributed by atoms with Crippen molar-refractivity contribution in [3.63, 3.8) is 0 Å². The number of hydrogen-bond acceptors (Lipinski definition) is 6. The molecule has 0 saturated heterocycles. The minimum atomic E-state index is -0.711. The highest BCUT2D eigenvalue weighted by Crippen LogP contribution is 2.34. The van der Waals surface area contributed by atoms with Crippen LogP contribution in [0.4, 0.5) is 11.6 Å². The van der Waals surface area contributed by atoms with Gasteiger partial charge in [-0.05, 0) is 30.3 Å². The fourth-order valence-corrected chi connectivity index (χ4v) is 3.61. The molecule has 0 fully saturated rings. The number of anilines is 1. The van der Waals surface area contributed by atoms with E-state index in [0.717, 1.165) is 26.9 Å². The molecule has 7 nitrogen and oxygen atoms in total. The topological polar surface area (TPSA) is 98.3 Å². The lowest BCUT2D eigenvalue weighted by atomic mass is 10.2. The Balaban J connectivity index is 1.63. The highest BCUT2D eigenvalue weighted by molar-refractivity contribution is 7.21. The fraction of sp³-hybridized carbons (Fsp3) is 0. The number of aromatic nitrogens is 1. The van der Waals surface area contributed by atoms with E-state index in [0.29, 0.717) is 10.7 Å². The summed E-state index contributed by atoms with van der Waals surface area (Å²) in [7, 11) is 0. The second kappa shape index (κ2) is 6.82. The Morgan fingerprint density at radius 3 is 2.74 bits per heavy atom. The largest absolute Gasteiger partial charge is 0.433 e. The van der Waals surface area contributed by atoms with Gasteiger partial charge < -0.3 is 9.73 Å². The van der Waals surface area contributed by atoms with Gasteiger partial charge in [0.1, 0.15) is 9.93 Å². The van der Waals surface area contributed by atoms with Crippen LogP contribution in [-0.2, 0) is 0 Å². The zero-order valence-corrected chi connectivity index (χ0v) is 15.1. The summed E-state index contributed by atoms with van der Waals surface area (Å²) in [5, 5.41) is 14.4. The average Bonchev–Trinajstić information content (AvgIpc) is 3.30. The summed E-state index contributed by atoms with van der Waals surface area (Å²) in [6.45, 7) is 0. The first kappa shape index (κ1) is 17.2. The van der Waals surface area contributed by atoms with Gasteiger partial charge in [0, 0.05) is 5.56 Å². The van der Waals surface area contributed by atoms with E-state index in [-0.39, 0.29) is 5.76 Å². The molecule has 1 amide bonds. The molecule has 1 N–H and O–H groups in total. The number of hydrogen-bond donors (Lipinski definition) is 1. The van der Waals surface area contributed by atoms with E-state index in [4.69, 9.17) is 16.0 Å². The first-order valence-corrected chi connectivity index (χ1v) is 8.92. The van der Waals surface area contributed by atoms with Gasteiger partial charge in [-0.3, -0.25) is 14.9 Å². The number of halogens is 1. The third-order valence-electron chi connectivity index (χ3n) is 3.75. The van der Waals surface area contributed by atoms with Crippen LogP contribution in [0.3, 0.4) is 0 Å². The van der Waals surface area contributed by atoms with Crippen molar-refractivity contribution in [3.8, 4) is 10.6 Å². The first-order chi connectivity index (χ1) is 13.0. The molecule has 0 saturated carbocycles. The maximum absolute atomic E-state index is 12.3. The third kappa shape index (κ3) is 3.40. The van der Waals surface area contributed by atoms with E-state index in [1.165, 1.54) is 17.4 Å². The second-order valence-electron chi connectivity index (χ2n) is 5.53. The van der Waals surface area contributed by atoms with E-state index in [2.05, 4.69) is 10.3 Å². The second-order valence-corrected chi connectivity index (χ2v) is 6.97. The maximum atomic E-state index is 12.3. The molecule has 4 rings (SSSR count). The van der Waals surface area contributed by atoms with Gasteiger partial charge >= 0.3 is 5.88 Å². The molecule has 2 heterocycles. The van der Waals surface area contributed by atoms with E-state index >= 15 is 0 Å². The van der Waals surface area contributed by atoms with Crippen LogP contribution in [0.25, 0.3) is 20.8 Å². The van der Waals surface area contributed by atoms with Gasteiger partial charge in [-0.1, -0.05) is 29.8 Å². The number of para-hydroxylation sites is 1. The predicted octanol–water partition coefficient (Wildman–Crippen LogP) is 5.37. The SMILES string of the molecule is O=C(Nc1cc(-c2nc3ccccc3s2)ccc1Cl)c1ccc([N+](=O)[O-])o1. The highest BCUT2D eigenvalue weighted by atomic mass is 35.5. The summed E-state index contributed by atoms with van der Waals surface area (Å²) in [5.41, 5.74) is 2.04. The van der Waals surface area contributed by atoms with Crippen LogP contribution >= 0.6 is 22.9 Å². The summed E-state index contributed by atoms with van der Waals surface area (Å²) in [6.07, 6.45) is 0. The van der Waals surface area contributed by atoms with E-state index in [1.807, 2.05) is 30.3 Å². The van der Waals surface area contributed by atoms with Gasteiger partial charge in [-0.15, -0.1) is 11.3 Å². The molecule has 2 aromatic carbocycles. The van der Waals surface area contributed by atoms with Crippen LogP contribution in [0.15, 0.2) is 59.0 Å². The number of furan rings is 1. The summed E-state index contributed by atoms with van der Waals surface area (Å²) in [4.78, 5) is 26.8. The van der Waals surface area contributed by atoms with Crippen LogP contribution in [0.5, 0.6) is 0 Å². The summed E-state index contributed by atoms with van der Waals surface area (Å²) >= 11 is 7.71. The van der Waals surface area contributed by atoms with Crippen LogP contribution in [0.2, 0.25) is 5.02 Å². The number of carbonyl (C=O) groups is 1. The lowest BCUT2D eigenvalue weighted by Crippen LogP contribution is -2.11. The van der Waals surface area contributed by atoms with Crippen molar-refractivity contribution in [3.05, 3.63) is 75.5 Å². The summed E-state index contributed by atoms with van der Waals surface area (Å²) < 4.78 is 5.96. The van der Waals surface area contributed by atoms with Crippen LogP contribution < -0.4 is 5.32 Å². The van der Waals surface area contributed by atoms with Gasteiger partial charge in [0.05, 0.1) is 27.0 Å². The molecular weight excluding hydrogens is 390 g/mol. The normalized spacial score (nSPS) is 10.9. The van der Waals surface area contributed by atoms with Crippen molar-refractivity contribution in [2.45, 2.75) is 0 Å². The van der Waals surface area contributed by atoms with Crippen molar-refractivity contribution >= 4 is 50.6 Å². The van der Waals surface area contributed by atoms with E-state index in [1.54, 1.807) is 12.1 Å². The average molecular weight is 400 g/mol. The summed E-state index contributed by atoms with van der Waals surface area (Å²) in [5.74, 6) is -1.32. The van der Waals surface area contributed by atoms with Crippen molar-refractivity contribution in [2.75, 3.05) is 5.32 Å². The molecule has 0 aliphatic carbocycles. The number of nitro groups is 1. The van der Waals surface area contributed by atoms with Crippen LogP contribution in [0.1, 0.15) is 10.6 Å². The van der Waals surface area contributed by atoms with Gasteiger partial charge in [0.15, 0.2) is 5.76 Å². The summed E-state index contributed by atoms with van der Waals surface area (Å²) in [6, 6.07) is 15.3. The Bertz CT molecular complexity index is 1150. The molecule has 0 atom stereocenters. The Morgan fingerprint density at radius 1 is 1.19 bits per heavy atom. The monoisotopic (exact) mass is 399 g/mol. The number of thiazole rings is 1. The first-order valence-electron chi connectivity index (χ1n) is 7.72. The van der Waals surface area contributed by atoms with E-state index in [9.17, 15) is 14.9 Å². The standard InChI is InChI=1S/C18H10ClN3O4S/c19-11-6-5-10(18-21-12-3-1-2-4-15(12)27-18)9-13(11)20-17(23)14-7-8-16(26-14)22(24)25/h1-9H,(H,20,23). The van der Waals surface area contributed by atoms with E-state index < -0.39 is 16.7 Å². The van der Waals surface area contributed by atoms with Crippen molar-refractivity contribution < 1.29 is 14.1 Å². The smallest absolute Gasteiger partial charge is 0.395 e. The van der Waals surface area contributed by atoms with Gasteiger partial charge in [0.25, 0.3) is 5.91 Å². The van der Waals surface area contributed by atoms with Crippen molar-refractivity contribution in [2.24, 2.45) is 0 Å². The van der Waals surface area contributed by atoms with Crippen molar-refractivity contribution in [1.29, 1.82) is 0 Å². The molecule has 0 bridgehead atoms. The molecule has 9 heteroatoms. The fourth-order valence-electron chi connectivity index (χ4n) is 2.48. The van der Waals surface area contributed by atoms with Gasteiger partial charge in [-0.2, -0.15) is 0 Å². The lowest BCUT2D eigenvalue weighted by Gasteiger charge is -2.07. The molecular formula is C18H10ClN3O4S. The number of fused-ring (bicyclic) bond motifs is 1. The minimum absolute atomic E-state index is 0.178. The zero-order chi connectivity index (χ0) is 19.0. The number of nitrogens with zero attached hydrogens (tertiary/aromatic N) is 2.